The maximum absolute atomic E-state index is 12.5. The number of anilines is 1. The van der Waals surface area contributed by atoms with Gasteiger partial charge in [0.05, 0.1) is 35.8 Å². The van der Waals surface area contributed by atoms with Crippen molar-refractivity contribution in [1.82, 2.24) is 0 Å². The van der Waals surface area contributed by atoms with Crippen molar-refractivity contribution >= 4 is 15.5 Å². The van der Waals surface area contributed by atoms with Gasteiger partial charge in [0.1, 0.15) is 15.9 Å². The van der Waals surface area contributed by atoms with Gasteiger partial charge in [-0.25, -0.2) is 8.42 Å². The number of alkyl halides is 3. The van der Waals surface area contributed by atoms with E-state index in [-0.39, 0.29) is 36.8 Å². The quantitative estimate of drug-likeness (QED) is 0.771. The van der Waals surface area contributed by atoms with Crippen LogP contribution in [0, 0.1) is 11.3 Å². The molecule has 5 nitrogen and oxygen atoms in total. The second-order valence-corrected chi connectivity index (χ2v) is 6.80. The van der Waals surface area contributed by atoms with Gasteiger partial charge in [0.25, 0.3) is 0 Å². The summed E-state index contributed by atoms with van der Waals surface area (Å²) in [6.45, 7) is 0.448. The molecule has 1 aromatic rings. The van der Waals surface area contributed by atoms with Crippen molar-refractivity contribution in [3.05, 3.63) is 29.3 Å². The number of rotatable bonds is 7. The molecule has 0 aromatic heterocycles. The van der Waals surface area contributed by atoms with Gasteiger partial charge in [0, 0.05) is 12.8 Å². The Morgan fingerprint density at radius 1 is 1.32 bits per heavy atom. The molecule has 9 heteroatoms. The second-order valence-electron chi connectivity index (χ2n) is 4.54. The van der Waals surface area contributed by atoms with Crippen LogP contribution in [0.1, 0.15) is 11.1 Å². The van der Waals surface area contributed by atoms with Crippen LogP contribution in [0.2, 0.25) is 0 Å². The Morgan fingerprint density at radius 2 is 2.00 bits per heavy atom. The van der Waals surface area contributed by atoms with Crippen LogP contribution in [0.15, 0.2) is 18.2 Å². The highest BCUT2D eigenvalue weighted by atomic mass is 32.2. The summed E-state index contributed by atoms with van der Waals surface area (Å²) in [5.74, 6) is -0.100. The van der Waals surface area contributed by atoms with Gasteiger partial charge in [-0.15, -0.1) is 0 Å². The first-order valence-electron chi connectivity index (χ1n) is 6.24. The summed E-state index contributed by atoms with van der Waals surface area (Å²) in [4.78, 5) is 0. The van der Waals surface area contributed by atoms with Gasteiger partial charge >= 0.3 is 6.18 Å². The van der Waals surface area contributed by atoms with Crippen LogP contribution in [0.5, 0.6) is 0 Å². The Morgan fingerprint density at radius 3 is 2.55 bits per heavy atom. The number of ether oxygens (including phenoxy) is 1. The highest BCUT2D eigenvalue weighted by Crippen LogP contribution is 2.31. The van der Waals surface area contributed by atoms with E-state index in [1.165, 1.54) is 6.07 Å². The third kappa shape index (κ3) is 6.32. The molecule has 0 fully saturated rings. The van der Waals surface area contributed by atoms with Crippen LogP contribution < -0.4 is 5.32 Å². The number of hydrogen-bond donors (Lipinski definition) is 1. The molecule has 0 heterocycles. The SMILES string of the molecule is CS(=O)(=O)CCOCCNc1ccc(C(F)(F)F)cc1C#N. The summed E-state index contributed by atoms with van der Waals surface area (Å²) in [5.41, 5.74) is -0.743. The molecular weight excluding hydrogens is 321 g/mol. The van der Waals surface area contributed by atoms with Gasteiger partial charge in [-0.2, -0.15) is 18.4 Å². The fourth-order valence-corrected chi connectivity index (χ4v) is 1.96. The fraction of sp³-hybridized carbons (Fsp3) is 0.462. The third-order valence-corrected chi connectivity index (χ3v) is 3.54. The van der Waals surface area contributed by atoms with Crippen molar-refractivity contribution in [2.75, 3.05) is 37.1 Å². The van der Waals surface area contributed by atoms with Crippen LogP contribution in [-0.4, -0.2) is 40.2 Å². The lowest BCUT2D eigenvalue weighted by Crippen LogP contribution is -2.15. The minimum atomic E-state index is -4.50. The maximum atomic E-state index is 12.5. The lowest BCUT2D eigenvalue weighted by molar-refractivity contribution is -0.137. The van der Waals surface area contributed by atoms with Crippen LogP contribution in [-0.2, 0) is 20.8 Å². The Kier molecular flexibility index (Phi) is 6.20. The average Bonchev–Trinajstić information content (AvgIpc) is 2.40. The van der Waals surface area contributed by atoms with Gasteiger partial charge in [-0.05, 0) is 18.2 Å². The number of halogens is 3. The zero-order chi connectivity index (χ0) is 16.8. The average molecular weight is 336 g/mol. The van der Waals surface area contributed by atoms with Crippen molar-refractivity contribution in [2.45, 2.75) is 6.18 Å². The number of nitriles is 1. The zero-order valence-electron chi connectivity index (χ0n) is 11.8. The summed E-state index contributed by atoms with van der Waals surface area (Å²) in [5, 5.41) is 11.7. The van der Waals surface area contributed by atoms with Crippen molar-refractivity contribution in [1.29, 1.82) is 5.26 Å². The molecule has 0 unspecified atom stereocenters. The van der Waals surface area contributed by atoms with Crippen molar-refractivity contribution in [3.63, 3.8) is 0 Å². The molecule has 0 saturated carbocycles. The number of benzene rings is 1. The predicted octanol–water partition coefficient (Wildman–Crippen LogP) is 2.05. The molecular formula is C13H15F3N2O3S. The van der Waals surface area contributed by atoms with Gasteiger partial charge in [-0.3, -0.25) is 0 Å². The van der Waals surface area contributed by atoms with Gasteiger partial charge in [-0.1, -0.05) is 0 Å². The molecule has 1 aromatic carbocycles. The smallest absolute Gasteiger partial charge is 0.382 e. The molecule has 0 aliphatic carbocycles. The first kappa shape index (κ1) is 18.3. The first-order chi connectivity index (χ1) is 10.1. The molecule has 0 radical (unpaired) electrons. The van der Waals surface area contributed by atoms with Crippen LogP contribution >= 0.6 is 0 Å². The molecule has 22 heavy (non-hydrogen) atoms. The van der Waals surface area contributed by atoms with Crippen molar-refractivity contribution in [3.8, 4) is 6.07 Å². The topological polar surface area (TPSA) is 79.2 Å². The highest BCUT2D eigenvalue weighted by Gasteiger charge is 2.31. The highest BCUT2D eigenvalue weighted by molar-refractivity contribution is 7.90. The molecule has 0 saturated heterocycles. The first-order valence-corrected chi connectivity index (χ1v) is 8.30. The zero-order valence-corrected chi connectivity index (χ0v) is 12.6. The number of sulfone groups is 1. The van der Waals surface area contributed by atoms with Crippen molar-refractivity contribution < 1.29 is 26.3 Å². The number of nitrogens with one attached hydrogen (secondary N) is 1. The Hall–Kier alpha value is -1.79. The van der Waals surface area contributed by atoms with Gasteiger partial charge in [0.2, 0.25) is 0 Å². The molecule has 1 N–H and O–H groups in total. The van der Waals surface area contributed by atoms with Crippen LogP contribution in [0.4, 0.5) is 18.9 Å². The largest absolute Gasteiger partial charge is 0.416 e. The molecule has 0 spiro atoms. The van der Waals surface area contributed by atoms with Crippen molar-refractivity contribution in [2.24, 2.45) is 0 Å². The van der Waals surface area contributed by atoms with E-state index in [2.05, 4.69) is 5.32 Å². The van der Waals surface area contributed by atoms with E-state index in [1.54, 1.807) is 6.07 Å². The van der Waals surface area contributed by atoms with E-state index in [0.29, 0.717) is 0 Å². The molecule has 1 rings (SSSR count). The standard InChI is InChI=1S/C13H15F3N2O3S/c1-22(19,20)7-6-21-5-4-18-12-3-2-11(13(14,15)16)8-10(12)9-17/h2-3,8,18H,4-7H2,1H3. The summed E-state index contributed by atoms with van der Waals surface area (Å²) >= 11 is 0. The minimum absolute atomic E-state index is 0.0403. The molecule has 0 aliphatic rings. The Labute approximate surface area is 126 Å². The minimum Gasteiger partial charge on any atom is -0.382 e. The predicted molar refractivity (Wildman–Crippen MR) is 75.2 cm³/mol. The molecule has 0 atom stereocenters. The number of nitrogens with zero attached hydrogens (tertiary/aromatic N) is 1. The van der Waals surface area contributed by atoms with Crippen LogP contribution in [0.25, 0.3) is 0 Å². The fourth-order valence-electron chi connectivity index (χ4n) is 1.54. The third-order valence-electron chi connectivity index (χ3n) is 2.63. The lowest BCUT2D eigenvalue weighted by Gasteiger charge is -2.11. The van der Waals surface area contributed by atoms with Gasteiger partial charge < -0.3 is 10.1 Å². The summed E-state index contributed by atoms with van der Waals surface area (Å²) in [6, 6.07) is 4.53. The van der Waals surface area contributed by atoms with Crippen LogP contribution in [0.3, 0.4) is 0 Å². The van der Waals surface area contributed by atoms with Gasteiger partial charge in [0.15, 0.2) is 0 Å². The summed E-state index contributed by atoms with van der Waals surface area (Å²) in [6.07, 6.45) is -3.41. The van der Waals surface area contributed by atoms with E-state index in [0.717, 1.165) is 18.4 Å². The molecule has 0 bridgehead atoms. The van der Waals surface area contributed by atoms with E-state index in [1.807, 2.05) is 0 Å². The molecule has 122 valence electrons. The monoisotopic (exact) mass is 336 g/mol. The van der Waals surface area contributed by atoms with E-state index in [4.69, 9.17) is 10.00 Å². The molecule has 0 amide bonds. The summed E-state index contributed by atoms with van der Waals surface area (Å²) < 4.78 is 64.4. The second kappa shape index (κ2) is 7.47. The van der Waals surface area contributed by atoms with E-state index >= 15 is 0 Å². The Balaban J connectivity index is 2.52. The van der Waals surface area contributed by atoms with E-state index in [9.17, 15) is 21.6 Å². The van der Waals surface area contributed by atoms with E-state index < -0.39 is 21.6 Å². The maximum Gasteiger partial charge on any atom is 0.416 e. The lowest BCUT2D eigenvalue weighted by atomic mass is 10.1. The summed E-state index contributed by atoms with van der Waals surface area (Å²) in [7, 11) is -3.09. The molecule has 0 aliphatic heterocycles. The number of hydrogen-bond acceptors (Lipinski definition) is 5. The Bertz CT molecular complexity index is 651. The normalized spacial score (nSPS) is 12.0.